The maximum absolute atomic E-state index is 15.1. The van der Waals surface area contributed by atoms with Crippen molar-refractivity contribution in [2.45, 2.75) is 25.3 Å². The fourth-order valence-electron chi connectivity index (χ4n) is 4.40. The number of carboxylic acids is 1. The van der Waals surface area contributed by atoms with Crippen molar-refractivity contribution >= 4 is 44.2 Å². The number of fused-ring (bicyclic) bond motifs is 1. The lowest BCUT2D eigenvalue weighted by molar-refractivity contribution is -0.116. The summed E-state index contributed by atoms with van der Waals surface area (Å²) in [7, 11) is -2.20. The van der Waals surface area contributed by atoms with Gasteiger partial charge < -0.3 is 19.5 Å². The summed E-state index contributed by atoms with van der Waals surface area (Å²) < 4.78 is 44.3. The minimum absolute atomic E-state index is 0.0249. The van der Waals surface area contributed by atoms with Crippen LogP contribution in [0.2, 0.25) is 0 Å². The number of hydrogen-bond donors (Lipinski definition) is 1. The van der Waals surface area contributed by atoms with E-state index in [9.17, 15) is 27.9 Å². The Bertz CT molecular complexity index is 1540. The van der Waals surface area contributed by atoms with Crippen LogP contribution >= 0.6 is 0 Å². The number of aryl methyl sites for hydroxylation is 1. The molecule has 196 valence electrons. The number of sulfonamides is 1. The van der Waals surface area contributed by atoms with Gasteiger partial charge in [0.2, 0.25) is 21.4 Å². The fourth-order valence-corrected chi connectivity index (χ4v) is 5.82. The molecule has 1 aromatic heterocycles. The number of carbonyl (C=O) groups is 2. The maximum Gasteiger partial charge on any atom is 0.341 e. The van der Waals surface area contributed by atoms with Crippen molar-refractivity contribution in [3.05, 3.63) is 64.2 Å². The number of benzene rings is 2. The first-order chi connectivity index (χ1) is 17.4. The van der Waals surface area contributed by atoms with Gasteiger partial charge in [-0.1, -0.05) is 0 Å². The maximum atomic E-state index is 15.1. The van der Waals surface area contributed by atoms with Gasteiger partial charge in [-0.15, -0.1) is 0 Å². The summed E-state index contributed by atoms with van der Waals surface area (Å²) in [5, 5.41) is 9.30. The summed E-state index contributed by atoms with van der Waals surface area (Å²) in [6, 6.07) is 8.60. The summed E-state index contributed by atoms with van der Waals surface area (Å²) in [5.41, 5.74) is 0.00450. The average molecular weight is 531 g/mol. The van der Waals surface area contributed by atoms with Crippen LogP contribution in [0.3, 0.4) is 0 Å². The molecule has 0 aliphatic carbocycles. The average Bonchev–Trinajstić information content (AvgIpc) is 2.88. The van der Waals surface area contributed by atoms with E-state index in [-0.39, 0.29) is 48.1 Å². The van der Waals surface area contributed by atoms with Crippen molar-refractivity contribution in [2.24, 2.45) is 0 Å². The summed E-state index contributed by atoms with van der Waals surface area (Å²) >= 11 is 0. The number of nitrogens with zero attached hydrogens (tertiary/aromatic N) is 4. The molecule has 4 rings (SSSR count). The lowest BCUT2D eigenvalue weighted by Gasteiger charge is -2.35. The molecule has 1 fully saturated rings. The van der Waals surface area contributed by atoms with Crippen LogP contribution in [0.1, 0.15) is 24.2 Å². The molecule has 2 aromatic carbocycles. The Morgan fingerprint density at radius 3 is 2.24 bits per heavy atom. The largest absolute Gasteiger partial charge is 0.477 e. The zero-order chi connectivity index (χ0) is 27.1. The number of carboxylic acid groups (broad SMARTS) is 1. The van der Waals surface area contributed by atoms with Crippen LogP contribution in [0.5, 0.6) is 0 Å². The van der Waals surface area contributed by atoms with E-state index in [1.165, 1.54) is 40.5 Å². The molecule has 1 N–H and O–H groups in total. The third-order valence-electron chi connectivity index (χ3n) is 6.63. The fraction of sp³-hybridized carbons (Fsp3) is 0.320. The highest BCUT2D eigenvalue weighted by molar-refractivity contribution is 7.89. The predicted octanol–water partition coefficient (Wildman–Crippen LogP) is 2.35. The number of hydrogen-bond acceptors (Lipinski definition) is 6. The van der Waals surface area contributed by atoms with Gasteiger partial charge in [0.25, 0.3) is 0 Å². The quantitative estimate of drug-likeness (QED) is 0.520. The number of carbonyl (C=O) groups excluding carboxylic acids is 1. The van der Waals surface area contributed by atoms with Gasteiger partial charge in [-0.3, -0.25) is 9.59 Å². The number of rotatable bonds is 6. The number of pyridine rings is 1. The van der Waals surface area contributed by atoms with Crippen LogP contribution in [0, 0.1) is 5.82 Å². The number of aromatic carboxylic acids is 1. The van der Waals surface area contributed by atoms with Crippen LogP contribution in [0.25, 0.3) is 10.9 Å². The highest BCUT2D eigenvalue weighted by Crippen LogP contribution is 2.28. The topological polar surface area (TPSA) is 120 Å². The van der Waals surface area contributed by atoms with Gasteiger partial charge in [-0.2, -0.15) is 4.31 Å². The molecule has 0 atom stereocenters. The van der Waals surface area contributed by atoms with Crippen molar-refractivity contribution in [3.63, 3.8) is 0 Å². The van der Waals surface area contributed by atoms with Crippen LogP contribution in [-0.4, -0.2) is 67.5 Å². The minimum atomic E-state index is -3.80. The molecule has 1 amide bonds. The second-order valence-corrected chi connectivity index (χ2v) is 10.7. The standard InChI is InChI=1S/C25H27FN4O6S/c1-4-28-15-20(25(33)34)24(32)19-13-21(26)23(14-22(19)28)29-9-11-30(12-10-29)37(35,36)18-7-5-17(6-8-18)27(3)16(2)31/h5-8,13-15H,4,9-12H2,1-3H3,(H,33,34). The first-order valence-corrected chi connectivity index (χ1v) is 13.1. The van der Waals surface area contributed by atoms with E-state index in [0.717, 1.165) is 6.07 Å². The number of piperazine rings is 1. The third-order valence-corrected chi connectivity index (χ3v) is 8.55. The molecule has 37 heavy (non-hydrogen) atoms. The van der Waals surface area contributed by atoms with Gasteiger partial charge >= 0.3 is 5.97 Å². The Balaban J connectivity index is 1.57. The van der Waals surface area contributed by atoms with Crippen LogP contribution in [0.15, 0.2) is 52.3 Å². The highest BCUT2D eigenvalue weighted by Gasteiger charge is 2.30. The summed E-state index contributed by atoms with van der Waals surface area (Å²) in [5.74, 6) is -2.24. The molecule has 1 aliphatic heterocycles. The van der Waals surface area contributed by atoms with Gasteiger partial charge in [-0.25, -0.2) is 17.6 Å². The van der Waals surface area contributed by atoms with Crippen molar-refractivity contribution < 1.29 is 27.5 Å². The molecule has 0 unspecified atom stereocenters. The SMILES string of the molecule is CCn1cc(C(=O)O)c(=O)c2cc(F)c(N3CCN(S(=O)(=O)c4ccc(N(C)C(C)=O)cc4)CC3)cc21. The lowest BCUT2D eigenvalue weighted by Crippen LogP contribution is -2.49. The van der Waals surface area contributed by atoms with Crippen molar-refractivity contribution in [1.82, 2.24) is 8.87 Å². The summed E-state index contributed by atoms with van der Waals surface area (Å²) in [6.07, 6.45) is 1.25. The summed E-state index contributed by atoms with van der Waals surface area (Å²) in [4.78, 5) is 38.8. The molecule has 12 heteroatoms. The normalized spacial score (nSPS) is 14.6. The van der Waals surface area contributed by atoms with Gasteiger partial charge in [0, 0.05) is 64.0 Å². The van der Waals surface area contributed by atoms with E-state index in [0.29, 0.717) is 17.7 Å². The second kappa shape index (κ2) is 9.94. The Hall–Kier alpha value is -3.77. The third kappa shape index (κ3) is 4.81. The molecular formula is C25H27FN4O6S. The molecule has 2 heterocycles. The van der Waals surface area contributed by atoms with Crippen LogP contribution < -0.4 is 15.2 Å². The lowest BCUT2D eigenvalue weighted by atomic mass is 10.1. The number of aromatic nitrogens is 1. The molecule has 1 saturated heterocycles. The van der Waals surface area contributed by atoms with Gasteiger partial charge in [0.05, 0.1) is 16.1 Å². The Morgan fingerprint density at radius 1 is 1.08 bits per heavy atom. The van der Waals surface area contributed by atoms with Crippen molar-refractivity contribution in [1.29, 1.82) is 0 Å². The van der Waals surface area contributed by atoms with E-state index >= 15 is 4.39 Å². The zero-order valence-electron chi connectivity index (χ0n) is 20.6. The molecule has 0 spiro atoms. The number of halogens is 1. The molecule has 0 bridgehead atoms. The first-order valence-electron chi connectivity index (χ1n) is 11.6. The molecule has 1 aliphatic rings. The van der Waals surface area contributed by atoms with Gasteiger partial charge in [0.15, 0.2) is 0 Å². The van der Waals surface area contributed by atoms with Gasteiger partial charge in [-0.05, 0) is 43.3 Å². The molecule has 3 aromatic rings. The van der Waals surface area contributed by atoms with E-state index in [2.05, 4.69) is 0 Å². The monoisotopic (exact) mass is 530 g/mol. The number of anilines is 2. The Labute approximate surface area is 213 Å². The van der Waals surface area contributed by atoms with E-state index < -0.39 is 32.8 Å². The van der Waals surface area contributed by atoms with E-state index in [4.69, 9.17) is 0 Å². The molecule has 10 nitrogen and oxygen atoms in total. The van der Waals surface area contributed by atoms with Crippen LogP contribution in [-0.2, 0) is 21.4 Å². The van der Waals surface area contributed by atoms with Crippen molar-refractivity contribution in [2.75, 3.05) is 43.0 Å². The van der Waals surface area contributed by atoms with Gasteiger partial charge in [0.1, 0.15) is 11.4 Å². The Kier molecular flexibility index (Phi) is 7.07. The second-order valence-electron chi connectivity index (χ2n) is 8.75. The predicted molar refractivity (Wildman–Crippen MR) is 137 cm³/mol. The van der Waals surface area contributed by atoms with Crippen LogP contribution in [0.4, 0.5) is 15.8 Å². The smallest absolute Gasteiger partial charge is 0.341 e. The molecular weight excluding hydrogens is 503 g/mol. The molecule has 0 radical (unpaired) electrons. The first kappa shape index (κ1) is 26.3. The zero-order valence-corrected chi connectivity index (χ0v) is 21.5. The van der Waals surface area contributed by atoms with Crippen molar-refractivity contribution in [3.8, 4) is 0 Å². The van der Waals surface area contributed by atoms with E-state index in [1.807, 2.05) is 0 Å². The Morgan fingerprint density at radius 2 is 1.70 bits per heavy atom. The minimum Gasteiger partial charge on any atom is -0.477 e. The summed E-state index contributed by atoms with van der Waals surface area (Å²) in [6.45, 7) is 4.24. The highest BCUT2D eigenvalue weighted by atomic mass is 32.2. The molecule has 0 saturated carbocycles. The van der Waals surface area contributed by atoms with E-state index in [1.54, 1.807) is 35.6 Å². The number of amides is 1.